The summed E-state index contributed by atoms with van der Waals surface area (Å²) < 4.78 is 26.9. The molecule has 3 rings (SSSR count). The monoisotopic (exact) mass is 336 g/mol. The number of hydrogen-bond acceptors (Lipinski definition) is 3. The van der Waals surface area contributed by atoms with Crippen LogP contribution in [0.4, 0.5) is 0 Å². The van der Waals surface area contributed by atoms with E-state index in [-0.39, 0.29) is 5.75 Å². The predicted octanol–water partition coefficient (Wildman–Crippen LogP) is 2.86. The van der Waals surface area contributed by atoms with Gasteiger partial charge in [-0.25, -0.2) is 12.7 Å². The molecule has 2 aliphatic rings. The Hall–Kier alpha value is -0.910. The summed E-state index contributed by atoms with van der Waals surface area (Å²) in [6.45, 7) is 3.75. The number of rotatable bonds is 4. The Morgan fingerprint density at radius 2 is 1.48 bits per heavy atom. The van der Waals surface area contributed by atoms with Crippen molar-refractivity contribution in [2.75, 3.05) is 26.2 Å². The molecule has 4 nitrogen and oxygen atoms in total. The van der Waals surface area contributed by atoms with Gasteiger partial charge in [0.05, 0.1) is 5.75 Å². The Bertz CT molecular complexity index is 572. The Morgan fingerprint density at radius 1 is 0.870 bits per heavy atom. The summed E-state index contributed by atoms with van der Waals surface area (Å²) in [5.74, 6) is 0.127. The molecule has 0 aromatic heterocycles. The fraction of sp³-hybridized carbons (Fsp3) is 0.667. The van der Waals surface area contributed by atoms with E-state index in [9.17, 15) is 8.42 Å². The lowest BCUT2D eigenvalue weighted by Crippen LogP contribution is -2.47. The topological polar surface area (TPSA) is 40.6 Å². The van der Waals surface area contributed by atoms with Crippen molar-refractivity contribution in [2.45, 2.75) is 50.3 Å². The van der Waals surface area contributed by atoms with Crippen LogP contribution >= 0.6 is 0 Å². The van der Waals surface area contributed by atoms with Gasteiger partial charge in [-0.15, -0.1) is 0 Å². The highest BCUT2D eigenvalue weighted by Crippen LogP contribution is 2.23. The smallest absolute Gasteiger partial charge is 0.218 e. The van der Waals surface area contributed by atoms with Gasteiger partial charge in [0.1, 0.15) is 0 Å². The molecule has 0 aliphatic carbocycles. The molecule has 0 unspecified atom stereocenters. The summed E-state index contributed by atoms with van der Waals surface area (Å²) in [4.78, 5) is 2.61. The van der Waals surface area contributed by atoms with E-state index in [4.69, 9.17) is 0 Å². The van der Waals surface area contributed by atoms with E-state index < -0.39 is 10.0 Å². The third-order valence-corrected chi connectivity index (χ3v) is 7.02. The van der Waals surface area contributed by atoms with Crippen LogP contribution < -0.4 is 0 Å². The van der Waals surface area contributed by atoms with Crippen LogP contribution in [0, 0.1) is 0 Å². The molecule has 0 amide bonds. The van der Waals surface area contributed by atoms with E-state index >= 15 is 0 Å². The second kappa shape index (κ2) is 7.77. The van der Waals surface area contributed by atoms with Crippen molar-refractivity contribution in [1.29, 1.82) is 0 Å². The van der Waals surface area contributed by atoms with E-state index in [1.54, 1.807) is 4.31 Å². The summed E-state index contributed by atoms with van der Waals surface area (Å²) in [5, 5.41) is 0. The second-order valence-corrected chi connectivity index (χ2v) is 8.79. The lowest BCUT2D eigenvalue weighted by Gasteiger charge is -2.37. The van der Waals surface area contributed by atoms with Gasteiger partial charge in [-0.3, -0.25) is 0 Å². The maximum Gasteiger partial charge on any atom is 0.218 e. The lowest BCUT2D eigenvalue weighted by atomic mass is 10.0. The zero-order valence-electron chi connectivity index (χ0n) is 13.9. The van der Waals surface area contributed by atoms with E-state index in [2.05, 4.69) is 4.90 Å². The maximum absolute atomic E-state index is 12.6. The van der Waals surface area contributed by atoms with Crippen molar-refractivity contribution < 1.29 is 8.42 Å². The molecular formula is C18H28N2O2S. The van der Waals surface area contributed by atoms with E-state index in [1.165, 1.54) is 38.8 Å². The number of hydrogen-bond donors (Lipinski definition) is 0. The molecule has 0 bridgehead atoms. The van der Waals surface area contributed by atoms with Crippen molar-refractivity contribution in [3.8, 4) is 0 Å². The molecule has 1 aromatic carbocycles. The zero-order valence-corrected chi connectivity index (χ0v) is 14.7. The van der Waals surface area contributed by atoms with E-state index in [0.717, 1.165) is 18.4 Å². The van der Waals surface area contributed by atoms with Crippen molar-refractivity contribution in [2.24, 2.45) is 0 Å². The van der Waals surface area contributed by atoms with Crippen LogP contribution in [0.5, 0.6) is 0 Å². The molecule has 2 saturated heterocycles. The predicted molar refractivity (Wildman–Crippen MR) is 93.7 cm³/mol. The molecule has 2 aliphatic heterocycles. The normalized spacial score (nSPS) is 22.8. The zero-order chi connectivity index (χ0) is 16.1. The van der Waals surface area contributed by atoms with Gasteiger partial charge in [0.15, 0.2) is 0 Å². The molecule has 2 fully saturated rings. The average molecular weight is 337 g/mol. The number of likely N-dealkylation sites (tertiary alicyclic amines) is 1. The average Bonchev–Trinajstić information content (AvgIpc) is 2.85. The summed E-state index contributed by atoms with van der Waals surface area (Å²) in [7, 11) is -3.18. The standard InChI is InChI=1S/C18H28N2O2S/c21-23(22,16-17-8-4-3-5-9-17)20-14-10-18(11-15-20)19-12-6-1-2-7-13-19/h3-5,8-9,18H,1-2,6-7,10-16H2. The van der Waals surface area contributed by atoms with Crippen LogP contribution in [0.15, 0.2) is 30.3 Å². The molecule has 0 spiro atoms. The minimum atomic E-state index is -3.18. The highest BCUT2D eigenvalue weighted by molar-refractivity contribution is 7.88. The van der Waals surface area contributed by atoms with Crippen LogP contribution in [0.25, 0.3) is 0 Å². The second-order valence-electron chi connectivity index (χ2n) is 6.82. The Kier molecular flexibility index (Phi) is 5.72. The molecule has 0 radical (unpaired) electrons. The number of sulfonamides is 1. The van der Waals surface area contributed by atoms with Gasteiger partial charge < -0.3 is 4.90 Å². The molecule has 1 aromatic rings. The quantitative estimate of drug-likeness (QED) is 0.849. The Labute approximate surface area is 140 Å². The van der Waals surface area contributed by atoms with E-state index in [1.807, 2.05) is 30.3 Å². The van der Waals surface area contributed by atoms with Gasteiger partial charge in [0.25, 0.3) is 0 Å². The first-order valence-electron chi connectivity index (χ1n) is 8.91. The molecule has 2 heterocycles. The van der Waals surface area contributed by atoms with Crippen LogP contribution in [-0.2, 0) is 15.8 Å². The van der Waals surface area contributed by atoms with Gasteiger partial charge in [0.2, 0.25) is 10.0 Å². The summed E-state index contributed by atoms with van der Waals surface area (Å²) in [6.07, 6.45) is 7.25. The van der Waals surface area contributed by atoms with Crippen LogP contribution in [0.3, 0.4) is 0 Å². The van der Waals surface area contributed by atoms with Gasteiger partial charge in [-0.1, -0.05) is 43.2 Å². The van der Waals surface area contributed by atoms with E-state index in [0.29, 0.717) is 19.1 Å². The van der Waals surface area contributed by atoms with Crippen molar-refractivity contribution in [3.63, 3.8) is 0 Å². The maximum atomic E-state index is 12.6. The molecule has 23 heavy (non-hydrogen) atoms. The van der Waals surface area contributed by atoms with Crippen LogP contribution in [0.2, 0.25) is 0 Å². The summed E-state index contributed by atoms with van der Waals surface area (Å²) in [6, 6.07) is 10.1. The number of benzene rings is 1. The minimum absolute atomic E-state index is 0.127. The van der Waals surface area contributed by atoms with Crippen molar-refractivity contribution in [3.05, 3.63) is 35.9 Å². The van der Waals surface area contributed by atoms with Gasteiger partial charge in [0, 0.05) is 19.1 Å². The summed E-state index contributed by atoms with van der Waals surface area (Å²) in [5.41, 5.74) is 0.877. The SMILES string of the molecule is O=S(=O)(Cc1ccccc1)N1CCC(N2CCCCCC2)CC1. The number of piperidine rings is 1. The first-order valence-corrected chi connectivity index (χ1v) is 10.5. The number of nitrogens with zero attached hydrogens (tertiary/aromatic N) is 2. The molecule has 0 saturated carbocycles. The minimum Gasteiger partial charge on any atom is -0.300 e. The largest absolute Gasteiger partial charge is 0.300 e. The van der Waals surface area contributed by atoms with Crippen molar-refractivity contribution >= 4 is 10.0 Å². The van der Waals surface area contributed by atoms with Gasteiger partial charge in [-0.05, 0) is 44.3 Å². The first kappa shape index (κ1) is 16.9. The van der Waals surface area contributed by atoms with Gasteiger partial charge in [-0.2, -0.15) is 0 Å². The fourth-order valence-corrected chi connectivity index (χ4v) is 5.39. The Morgan fingerprint density at radius 3 is 2.09 bits per heavy atom. The third kappa shape index (κ3) is 4.55. The molecule has 0 N–H and O–H groups in total. The molecule has 128 valence electrons. The third-order valence-electron chi connectivity index (χ3n) is 5.17. The highest BCUT2D eigenvalue weighted by Gasteiger charge is 2.30. The highest BCUT2D eigenvalue weighted by atomic mass is 32.2. The van der Waals surface area contributed by atoms with Crippen molar-refractivity contribution in [1.82, 2.24) is 9.21 Å². The summed E-state index contributed by atoms with van der Waals surface area (Å²) >= 11 is 0. The van der Waals surface area contributed by atoms with Crippen LogP contribution in [-0.4, -0.2) is 49.8 Å². The fourth-order valence-electron chi connectivity index (χ4n) is 3.82. The molecular weight excluding hydrogens is 308 g/mol. The Balaban J connectivity index is 1.55. The molecule has 5 heteroatoms. The first-order chi connectivity index (χ1) is 11.1. The molecule has 0 atom stereocenters. The van der Waals surface area contributed by atoms with Crippen LogP contribution in [0.1, 0.15) is 44.1 Å². The van der Waals surface area contributed by atoms with Gasteiger partial charge >= 0.3 is 0 Å². The lowest BCUT2D eigenvalue weighted by molar-refractivity contribution is 0.143.